The lowest BCUT2D eigenvalue weighted by atomic mass is 10.0. The molecule has 1 aromatic heterocycles. The molecule has 3 aromatic rings. The Labute approximate surface area is 152 Å². The second-order valence-electron chi connectivity index (χ2n) is 5.99. The largest absolute Gasteiger partial charge is 0.322 e. The summed E-state index contributed by atoms with van der Waals surface area (Å²) >= 11 is 0. The van der Waals surface area contributed by atoms with E-state index in [0.717, 1.165) is 28.2 Å². The first-order valence-electron chi connectivity index (χ1n) is 8.44. The summed E-state index contributed by atoms with van der Waals surface area (Å²) in [4.78, 5) is 21.9. The summed E-state index contributed by atoms with van der Waals surface area (Å²) in [7, 11) is 0. The maximum Gasteiger partial charge on any atom is 0.254 e. The number of carbonyl (C=O) groups is 1. The average Bonchev–Trinajstić information content (AvgIpc) is 3.16. The van der Waals surface area contributed by atoms with Crippen LogP contribution in [0.25, 0.3) is 5.70 Å². The van der Waals surface area contributed by atoms with Gasteiger partial charge in [-0.3, -0.25) is 14.8 Å². The van der Waals surface area contributed by atoms with Crippen LogP contribution in [0.5, 0.6) is 0 Å². The second kappa shape index (κ2) is 7.15. The number of nitrogens with zero attached hydrogens (tertiary/aromatic N) is 2. The molecule has 0 unspecified atom stereocenters. The van der Waals surface area contributed by atoms with E-state index in [1.165, 1.54) is 0 Å². The van der Waals surface area contributed by atoms with Crippen LogP contribution in [-0.2, 0) is 4.79 Å². The van der Waals surface area contributed by atoms with Crippen LogP contribution >= 0.6 is 0 Å². The molecule has 0 spiro atoms. The third-order valence-corrected chi connectivity index (χ3v) is 4.22. The summed E-state index contributed by atoms with van der Waals surface area (Å²) in [5.74, 6) is -0.127. The van der Waals surface area contributed by atoms with E-state index < -0.39 is 0 Å². The zero-order valence-corrected chi connectivity index (χ0v) is 14.1. The Kier molecular flexibility index (Phi) is 4.39. The van der Waals surface area contributed by atoms with Crippen LogP contribution in [0.2, 0.25) is 0 Å². The molecule has 1 aliphatic rings. The predicted molar refractivity (Wildman–Crippen MR) is 104 cm³/mol. The van der Waals surface area contributed by atoms with Gasteiger partial charge in [0, 0.05) is 41.2 Å². The molecule has 0 atom stereocenters. The fraction of sp³-hybridized carbons (Fsp3) is 0.0455. The number of hydrogen-bond donors (Lipinski definition) is 1. The fourth-order valence-electron chi connectivity index (χ4n) is 2.94. The Balaban J connectivity index is 1.69. The van der Waals surface area contributed by atoms with Gasteiger partial charge in [0.05, 0.1) is 11.4 Å². The molecule has 2 aromatic carbocycles. The maximum atomic E-state index is 12.9. The molecule has 4 nitrogen and oxygen atoms in total. The minimum absolute atomic E-state index is 0.127. The van der Waals surface area contributed by atoms with E-state index >= 15 is 0 Å². The molecule has 1 amide bonds. The lowest BCUT2D eigenvalue weighted by Gasteiger charge is -2.08. The van der Waals surface area contributed by atoms with Gasteiger partial charge in [-0.25, -0.2) is 0 Å². The summed E-state index contributed by atoms with van der Waals surface area (Å²) in [6, 6.07) is 23.1. The molecule has 4 rings (SSSR count). The molecule has 0 saturated carbocycles. The van der Waals surface area contributed by atoms with Crippen LogP contribution in [0.4, 0.5) is 5.69 Å². The van der Waals surface area contributed by atoms with Gasteiger partial charge in [-0.1, -0.05) is 54.6 Å². The lowest BCUT2D eigenvalue weighted by Crippen LogP contribution is -2.15. The number of anilines is 1. The molecular weight excluding hydrogens is 322 g/mol. The monoisotopic (exact) mass is 339 g/mol. The van der Waals surface area contributed by atoms with Crippen LogP contribution in [0.15, 0.2) is 95.8 Å². The van der Waals surface area contributed by atoms with Crippen molar-refractivity contribution in [1.29, 1.82) is 0 Å². The molecule has 26 heavy (non-hydrogen) atoms. The van der Waals surface area contributed by atoms with Crippen LogP contribution < -0.4 is 5.32 Å². The number of pyridine rings is 1. The highest BCUT2D eigenvalue weighted by Crippen LogP contribution is 2.31. The van der Waals surface area contributed by atoms with Crippen molar-refractivity contribution in [1.82, 2.24) is 4.98 Å². The summed E-state index contributed by atoms with van der Waals surface area (Å²) in [5, 5.41) is 2.97. The van der Waals surface area contributed by atoms with Crippen molar-refractivity contribution >= 4 is 23.0 Å². The normalized spacial score (nSPS) is 13.5. The van der Waals surface area contributed by atoms with Gasteiger partial charge in [0.2, 0.25) is 0 Å². The summed E-state index contributed by atoms with van der Waals surface area (Å²) in [6.45, 7) is 0. The Bertz CT molecular complexity index is 978. The van der Waals surface area contributed by atoms with Crippen molar-refractivity contribution in [3.05, 3.63) is 102 Å². The smallest absolute Gasteiger partial charge is 0.254 e. The van der Waals surface area contributed by atoms with Gasteiger partial charge in [-0.05, 0) is 18.2 Å². The minimum atomic E-state index is -0.127. The number of nitrogens with one attached hydrogen (secondary N) is 1. The minimum Gasteiger partial charge on any atom is -0.322 e. The standard InChI is InChI=1S/C22H17N3O/c26-22(24-18-11-5-2-6-12-18)19-14-20(17-10-7-13-23-15-17)25-21(19)16-8-3-1-4-9-16/h1-13,15H,14H2,(H,24,26). The third-order valence-electron chi connectivity index (χ3n) is 4.22. The fourth-order valence-corrected chi connectivity index (χ4v) is 2.94. The van der Waals surface area contributed by atoms with Crippen molar-refractivity contribution in [2.75, 3.05) is 5.32 Å². The Morgan fingerprint density at radius 2 is 1.54 bits per heavy atom. The Hall–Kier alpha value is -3.53. The van der Waals surface area contributed by atoms with Crippen molar-refractivity contribution in [3.63, 3.8) is 0 Å². The highest BCUT2D eigenvalue weighted by molar-refractivity contribution is 6.19. The van der Waals surface area contributed by atoms with Gasteiger partial charge in [0.25, 0.3) is 5.91 Å². The van der Waals surface area contributed by atoms with Crippen LogP contribution in [-0.4, -0.2) is 16.6 Å². The number of para-hydroxylation sites is 1. The maximum absolute atomic E-state index is 12.9. The Morgan fingerprint density at radius 3 is 2.23 bits per heavy atom. The second-order valence-corrected chi connectivity index (χ2v) is 5.99. The molecule has 0 bridgehead atoms. The zero-order chi connectivity index (χ0) is 17.8. The predicted octanol–water partition coefficient (Wildman–Crippen LogP) is 4.32. The van der Waals surface area contributed by atoms with E-state index in [2.05, 4.69) is 10.3 Å². The summed E-state index contributed by atoms with van der Waals surface area (Å²) < 4.78 is 0. The molecule has 0 saturated heterocycles. The van der Waals surface area contributed by atoms with Crippen molar-refractivity contribution in [3.8, 4) is 0 Å². The highest BCUT2D eigenvalue weighted by Gasteiger charge is 2.25. The molecular formula is C22H17N3O. The third kappa shape index (κ3) is 3.30. The number of amides is 1. The van der Waals surface area contributed by atoms with Gasteiger partial charge in [-0.2, -0.15) is 0 Å². The Morgan fingerprint density at radius 1 is 0.846 bits per heavy atom. The molecule has 1 N–H and O–H groups in total. The molecule has 0 radical (unpaired) electrons. The van der Waals surface area contributed by atoms with E-state index in [4.69, 9.17) is 4.99 Å². The zero-order valence-electron chi connectivity index (χ0n) is 14.1. The van der Waals surface area contributed by atoms with E-state index in [-0.39, 0.29) is 5.91 Å². The SMILES string of the molecule is O=C(Nc1ccccc1)C1=C(c2ccccc2)N=C(c2cccnc2)C1. The highest BCUT2D eigenvalue weighted by atomic mass is 16.1. The molecule has 1 aliphatic heterocycles. The molecule has 0 fully saturated rings. The van der Waals surface area contributed by atoms with Gasteiger partial charge in [0.15, 0.2) is 0 Å². The first kappa shape index (κ1) is 16.0. The van der Waals surface area contributed by atoms with Crippen LogP contribution in [0.1, 0.15) is 17.5 Å². The van der Waals surface area contributed by atoms with E-state index in [1.54, 1.807) is 12.4 Å². The summed E-state index contributed by atoms with van der Waals surface area (Å²) in [5.41, 5.74) is 4.88. The van der Waals surface area contributed by atoms with Gasteiger partial charge >= 0.3 is 0 Å². The van der Waals surface area contributed by atoms with Gasteiger partial charge < -0.3 is 5.32 Å². The van der Waals surface area contributed by atoms with Gasteiger partial charge in [-0.15, -0.1) is 0 Å². The van der Waals surface area contributed by atoms with Crippen molar-refractivity contribution in [2.24, 2.45) is 4.99 Å². The quantitative estimate of drug-likeness (QED) is 0.769. The molecule has 0 aliphatic carbocycles. The van der Waals surface area contributed by atoms with E-state index in [1.807, 2.05) is 72.8 Å². The number of benzene rings is 2. The number of hydrogen-bond acceptors (Lipinski definition) is 3. The molecule has 4 heteroatoms. The lowest BCUT2D eigenvalue weighted by molar-refractivity contribution is -0.112. The number of aliphatic imine (C=N–C) groups is 1. The molecule has 2 heterocycles. The number of rotatable bonds is 4. The van der Waals surface area contributed by atoms with Crippen molar-refractivity contribution < 1.29 is 4.79 Å². The van der Waals surface area contributed by atoms with E-state index in [0.29, 0.717) is 12.0 Å². The van der Waals surface area contributed by atoms with Gasteiger partial charge in [0.1, 0.15) is 0 Å². The van der Waals surface area contributed by atoms with Crippen LogP contribution in [0, 0.1) is 0 Å². The topological polar surface area (TPSA) is 54.4 Å². The number of aromatic nitrogens is 1. The first-order chi connectivity index (χ1) is 12.8. The summed E-state index contributed by atoms with van der Waals surface area (Å²) in [6.07, 6.45) is 3.99. The van der Waals surface area contributed by atoms with Crippen molar-refractivity contribution in [2.45, 2.75) is 6.42 Å². The number of carbonyl (C=O) groups excluding carboxylic acids is 1. The van der Waals surface area contributed by atoms with E-state index in [9.17, 15) is 4.79 Å². The average molecular weight is 339 g/mol. The molecule has 126 valence electrons. The first-order valence-corrected chi connectivity index (χ1v) is 8.44. The van der Waals surface area contributed by atoms with Crippen LogP contribution in [0.3, 0.4) is 0 Å².